The smallest absolute Gasteiger partial charge is 0.411 e. The number of carbonyl (C=O) groups excluding carboxylic acids is 2. The SMILES string of the molecule is COC(=O)Nc1ccc(C(=O)OC)cc1I. The summed E-state index contributed by atoms with van der Waals surface area (Å²) in [5.41, 5.74) is 1.02. The number of hydrogen-bond acceptors (Lipinski definition) is 4. The van der Waals surface area contributed by atoms with Gasteiger partial charge in [0.15, 0.2) is 0 Å². The first-order valence-corrected chi connectivity index (χ1v) is 5.39. The number of hydrogen-bond donors (Lipinski definition) is 1. The lowest BCUT2D eigenvalue weighted by Crippen LogP contribution is -2.12. The van der Waals surface area contributed by atoms with Gasteiger partial charge in [0, 0.05) is 3.57 Å². The number of halogens is 1. The third-order valence-electron chi connectivity index (χ3n) is 1.81. The van der Waals surface area contributed by atoms with Gasteiger partial charge in [-0.1, -0.05) is 0 Å². The predicted octanol–water partition coefficient (Wildman–Crippen LogP) is 2.26. The third kappa shape index (κ3) is 3.09. The Kier molecular flexibility index (Phi) is 4.53. The number of nitrogens with one attached hydrogen (secondary N) is 1. The third-order valence-corrected chi connectivity index (χ3v) is 2.70. The summed E-state index contributed by atoms with van der Waals surface area (Å²) in [6, 6.07) is 4.81. The molecule has 0 saturated carbocycles. The highest BCUT2D eigenvalue weighted by molar-refractivity contribution is 14.1. The highest BCUT2D eigenvalue weighted by Gasteiger charge is 2.10. The van der Waals surface area contributed by atoms with Crippen molar-refractivity contribution >= 4 is 40.3 Å². The Bertz CT molecular complexity index is 419. The van der Waals surface area contributed by atoms with E-state index in [2.05, 4.69) is 14.8 Å². The van der Waals surface area contributed by atoms with Gasteiger partial charge in [-0.2, -0.15) is 0 Å². The van der Waals surface area contributed by atoms with E-state index in [1.807, 2.05) is 22.6 Å². The van der Waals surface area contributed by atoms with Crippen LogP contribution in [-0.4, -0.2) is 26.3 Å². The molecule has 0 aliphatic heterocycles. The molecule has 16 heavy (non-hydrogen) atoms. The van der Waals surface area contributed by atoms with Crippen LogP contribution < -0.4 is 5.32 Å². The second-order valence-electron chi connectivity index (χ2n) is 2.80. The van der Waals surface area contributed by atoms with E-state index in [9.17, 15) is 9.59 Å². The maximum Gasteiger partial charge on any atom is 0.411 e. The van der Waals surface area contributed by atoms with Crippen molar-refractivity contribution in [3.63, 3.8) is 0 Å². The van der Waals surface area contributed by atoms with Crippen molar-refractivity contribution in [2.24, 2.45) is 0 Å². The zero-order valence-corrected chi connectivity index (χ0v) is 10.9. The van der Waals surface area contributed by atoms with Crippen LogP contribution in [0.2, 0.25) is 0 Å². The zero-order valence-electron chi connectivity index (χ0n) is 8.74. The number of ether oxygens (including phenoxy) is 2. The molecule has 5 nitrogen and oxygen atoms in total. The molecule has 0 fully saturated rings. The first-order chi connectivity index (χ1) is 7.58. The lowest BCUT2D eigenvalue weighted by Gasteiger charge is -2.07. The fourth-order valence-electron chi connectivity index (χ4n) is 1.02. The molecule has 0 aliphatic carbocycles. The minimum atomic E-state index is -0.552. The summed E-state index contributed by atoms with van der Waals surface area (Å²) in [6.45, 7) is 0. The standard InChI is InChI=1S/C10H10INO4/c1-15-9(13)6-3-4-8(7(11)5-6)12-10(14)16-2/h3-5H,1-2H3,(H,12,14). The molecule has 0 spiro atoms. The molecule has 0 atom stereocenters. The maximum atomic E-state index is 11.2. The Morgan fingerprint density at radius 3 is 2.44 bits per heavy atom. The van der Waals surface area contributed by atoms with Gasteiger partial charge in [0.05, 0.1) is 25.5 Å². The zero-order chi connectivity index (χ0) is 12.1. The number of carbonyl (C=O) groups is 2. The van der Waals surface area contributed by atoms with E-state index in [0.29, 0.717) is 11.3 Å². The molecular formula is C10H10INO4. The molecule has 1 N–H and O–H groups in total. The molecule has 1 amide bonds. The van der Waals surface area contributed by atoms with Gasteiger partial charge in [-0.05, 0) is 40.8 Å². The van der Waals surface area contributed by atoms with E-state index in [4.69, 9.17) is 0 Å². The summed E-state index contributed by atoms with van der Waals surface area (Å²) in [4.78, 5) is 22.2. The van der Waals surface area contributed by atoms with E-state index in [1.165, 1.54) is 14.2 Å². The lowest BCUT2D eigenvalue weighted by molar-refractivity contribution is 0.0600. The number of esters is 1. The summed E-state index contributed by atoms with van der Waals surface area (Å²) >= 11 is 2.01. The fourth-order valence-corrected chi connectivity index (χ4v) is 1.67. The van der Waals surface area contributed by atoms with Crippen LogP contribution >= 0.6 is 22.6 Å². The Hall–Kier alpha value is -1.31. The second-order valence-corrected chi connectivity index (χ2v) is 3.96. The summed E-state index contributed by atoms with van der Waals surface area (Å²) < 4.78 is 9.77. The fraction of sp³-hybridized carbons (Fsp3) is 0.200. The van der Waals surface area contributed by atoms with E-state index >= 15 is 0 Å². The minimum absolute atomic E-state index is 0.414. The van der Waals surface area contributed by atoms with Crippen molar-refractivity contribution in [3.05, 3.63) is 27.3 Å². The monoisotopic (exact) mass is 335 g/mol. The minimum Gasteiger partial charge on any atom is -0.465 e. The van der Waals surface area contributed by atoms with Crippen molar-refractivity contribution in [3.8, 4) is 0 Å². The molecule has 1 aromatic rings. The summed E-state index contributed by atoms with van der Waals surface area (Å²) in [7, 11) is 2.60. The van der Waals surface area contributed by atoms with Crippen molar-refractivity contribution in [2.45, 2.75) is 0 Å². The number of amides is 1. The molecule has 0 aliphatic rings. The summed E-state index contributed by atoms with van der Waals surface area (Å²) in [5.74, 6) is -0.414. The highest BCUT2D eigenvalue weighted by Crippen LogP contribution is 2.20. The molecule has 1 aromatic carbocycles. The molecule has 0 heterocycles. The van der Waals surface area contributed by atoms with E-state index in [1.54, 1.807) is 18.2 Å². The number of rotatable bonds is 2. The molecule has 0 bridgehead atoms. The quantitative estimate of drug-likeness (QED) is 0.665. The summed E-state index contributed by atoms with van der Waals surface area (Å²) in [5, 5.41) is 2.52. The van der Waals surface area contributed by atoms with Gasteiger partial charge in [0.25, 0.3) is 0 Å². The van der Waals surface area contributed by atoms with Crippen molar-refractivity contribution < 1.29 is 19.1 Å². The van der Waals surface area contributed by atoms with Crippen LogP contribution in [-0.2, 0) is 9.47 Å². The average Bonchev–Trinajstić information content (AvgIpc) is 2.30. The van der Waals surface area contributed by atoms with E-state index in [-0.39, 0.29) is 0 Å². The molecule has 0 aromatic heterocycles. The van der Waals surface area contributed by atoms with Crippen molar-refractivity contribution in [1.29, 1.82) is 0 Å². The van der Waals surface area contributed by atoms with Crippen LogP contribution in [0, 0.1) is 3.57 Å². The van der Waals surface area contributed by atoms with Gasteiger partial charge >= 0.3 is 12.1 Å². The second kappa shape index (κ2) is 5.69. The largest absolute Gasteiger partial charge is 0.465 e. The lowest BCUT2D eigenvalue weighted by atomic mass is 10.2. The van der Waals surface area contributed by atoms with Crippen molar-refractivity contribution in [2.75, 3.05) is 19.5 Å². The Morgan fingerprint density at radius 1 is 1.25 bits per heavy atom. The van der Waals surface area contributed by atoms with Gasteiger partial charge in [-0.3, -0.25) is 5.32 Å². The predicted molar refractivity (Wildman–Crippen MR) is 66.5 cm³/mol. The van der Waals surface area contributed by atoms with Gasteiger partial charge < -0.3 is 9.47 Å². The van der Waals surface area contributed by atoms with Crippen LogP contribution in [0.1, 0.15) is 10.4 Å². The van der Waals surface area contributed by atoms with Gasteiger partial charge in [0.2, 0.25) is 0 Å². The van der Waals surface area contributed by atoms with Crippen LogP contribution in [0.4, 0.5) is 10.5 Å². The number of methoxy groups -OCH3 is 2. The Labute approximate surface area is 106 Å². The highest BCUT2D eigenvalue weighted by atomic mass is 127. The van der Waals surface area contributed by atoms with Gasteiger partial charge in [-0.25, -0.2) is 9.59 Å². The molecule has 0 saturated heterocycles. The normalized spacial score (nSPS) is 9.44. The Balaban J connectivity index is 2.91. The topological polar surface area (TPSA) is 64.6 Å². The van der Waals surface area contributed by atoms with Crippen LogP contribution in [0.25, 0.3) is 0 Å². The molecule has 86 valence electrons. The summed E-state index contributed by atoms with van der Waals surface area (Å²) in [6.07, 6.45) is -0.552. The molecule has 0 unspecified atom stereocenters. The van der Waals surface area contributed by atoms with Gasteiger partial charge in [-0.15, -0.1) is 0 Å². The van der Waals surface area contributed by atoms with Crippen LogP contribution in [0.3, 0.4) is 0 Å². The van der Waals surface area contributed by atoms with Crippen LogP contribution in [0.5, 0.6) is 0 Å². The maximum absolute atomic E-state index is 11.2. The first kappa shape index (κ1) is 12.8. The first-order valence-electron chi connectivity index (χ1n) is 4.31. The molecule has 1 rings (SSSR count). The van der Waals surface area contributed by atoms with Crippen molar-refractivity contribution in [1.82, 2.24) is 0 Å². The number of benzene rings is 1. The number of anilines is 1. The molecular weight excluding hydrogens is 325 g/mol. The molecule has 0 radical (unpaired) electrons. The molecule has 6 heteroatoms. The van der Waals surface area contributed by atoms with Gasteiger partial charge in [0.1, 0.15) is 0 Å². The Morgan fingerprint density at radius 2 is 1.94 bits per heavy atom. The van der Waals surface area contributed by atoms with Crippen LogP contribution in [0.15, 0.2) is 18.2 Å². The van der Waals surface area contributed by atoms with E-state index < -0.39 is 12.1 Å². The average molecular weight is 335 g/mol. The van der Waals surface area contributed by atoms with E-state index in [0.717, 1.165) is 3.57 Å².